The van der Waals surface area contributed by atoms with Crippen LogP contribution in [-0.4, -0.2) is 11.7 Å². The number of anilines is 1. The van der Waals surface area contributed by atoms with Gasteiger partial charge >= 0.3 is 7.87 Å². The molecule has 0 amide bonds. The lowest BCUT2D eigenvalue weighted by atomic mass is 10.2. The smallest absolute Gasteiger partial charge is 0.215 e. The molecule has 0 aliphatic heterocycles. The minimum absolute atomic E-state index is 0.724. The second-order valence-electron chi connectivity index (χ2n) is 4.52. The van der Waals surface area contributed by atoms with Gasteiger partial charge in [0.2, 0.25) is 0 Å². The first-order valence-electron chi connectivity index (χ1n) is 6.13. The molecule has 0 bridgehead atoms. The number of hydrogen-bond acceptors (Lipinski definition) is 4. The molecule has 0 spiro atoms. The van der Waals surface area contributed by atoms with Crippen molar-refractivity contribution in [2.75, 3.05) is 12.1 Å². The Labute approximate surface area is 115 Å². The lowest BCUT2D eigenvalue weighted by Crippen LogP contribution is -2.35. The molecule has 0 aliphatic carbocycles. The molecule has 0 aliphatic rings. The van der Waals surface area contributed by atoms with Crippen LogP contribution in [0, 0.1) is 0 Å². The zero-order valence-electron chi connectivity index (χ0n) is 11.0. The third kappa shape index (κ3) is 4.01. The van der Waals surface area contributed by atoms with Crippen molar-refractivity contribution in [1.29, 1.82) is 0 Å². The average molecular weight is 275 g/mol. The number of nitrogens with one attached hydrogen (secondary N) is 1. The molecule has 0 aromatic heterocycles. The van der Waals surface area contributed by atoms with Gasteiger partial charge in [-0.1, -0.05) is 48.5 Å². The summed E-state index contributed by atoms with van der Waals surface area (Å²) in [6.45, 7) is 0.724. The van der Waals surface area contributed by atoms with Gasteiger partial charge in [-0.25, -0.2) is 5.09 Å². The molecule has 100 valence electrons. The normalized spacial score (nSPS) is 11.6. The predicted molar refractivity (Wildman–Crippen MR) is 83.3 cm³/mol. The summed E-state index contributed by atoms with van der Waals surface area (Å²) in [5, 5.41) is 3.23. The fourth-order valence-electron chi connectivity index (χ4n) is 1.77. The SMILES string of the molecule is CN(Cc1ccccc1)[P+](N)(N)Nc1ccccc1. The van der Waals surface area contributed by atoms with E-state index in [-0.39, 0.29) is 0 Å². The molecule has 0 saturated heterocycles. The lowest BCUT2D eigenvalue weighted by Gasteiger charge is -2.26. The standard InChI is InChI=1S/C14H20N4P/c1-18(12-13-8-4-2-5-9-13)19(15,16)17-14-10-6-3-7-11-14/h2-11,17H,12,15-16H2,1H3/q+1. The van der Waals surface area contributed by atoms with Gasteiger partial charge in [0, 0.05) is 7.05 Å². The van der Waals surface area contributed by atoms with Crippen molar-refractivity contribution in [3.63, 3.8) is 0 Å². The molecule has 4 nitrogen and oxygen atoms in total. The quantitative estimate of drug-likeness (QED) is 0.734. The molecule has 0 fully saturated rings. The van der Waals surface area contributed by atoms with Gasteiger partial charge in [0.05, 0.1) is 12.2 Å². The first-order chi connectivity index (χ1) is 9.08. The monoisotopic (exact) mass is 275 g/mol. The van der Waals surface area contributed by atoms with Crippen molar-refractivity contribution >= 4 is 13.6 Å². The van der Waals surface area contributed by atoms with Crippen LogP contribution < -0.4 is 16.1 Å². The van der Waals surface area contributed by atoms with Crippen LogP contribution >= 0.6 is 7.87 Å². The van der Waals surface area contributed by atoms with E-state index < -0.39 is 7.87 Å². The van der Waals surface area contributed by atoms with Crippen molar-refractivity contribution in [3.05, 3.63) is 66.2 Å². The van der Waals surface area contributed by atoms with Crippen LogP contribution in [0.3, 0.4) is 0 Å². The first-order valence-corrected chi connectivity index (χ1v) is 8.01. The first kappa shape index (κ1) is 14.0. The van der Waals surface area contributed by atoms with Gasteiger partial charge in [-0.3, -0.25) is 0 Å². The van der Waals surface area contributed by atoms with E-state index in [2.05, 4.69) is 17.2 Å². The van der Waals surface area contributed by atoms with Crippen LogP contribution in [0.5, 0.6) is 0 Å². The summed E-state index contributed by atoms with van der Waals surface area (Å²) in [5.74, 6) is 0. The summed E-state index contributed by atoms with van der Waals surface area (Å²) in [5.41, 5.74) is 14.6. The molecule has 2 aromatic rings. The Morgan fingerprint density at radius 2 is 1.47 bits per heavy atom. The number of nitrogens with zero attached hydrogens (tertiary/aromatic N) is 1. The Hall–Kier alpha value is -1.45. The van der Waals surface area contributed by atoms with E-state index in [1.54, 1.807) is 0 Å². The number of hydrogen-bond donors (Lipinski definition) is 3. The van der Waals surface area contributed by atoms with E-state index in [0.717, 1.165) is 12.2 Å². The highest BCUT2D eigenvalue weighted by Gasteiger charge is 2.34. The van der Waals surface area contributed by atoms with Crippen molar-refractivity contribution in [1.82, 2.24) is 4.67 Å². The van der Waals surface area contributed by atoms with E-state index in [4.69, 9.17) is 11.0 Å². The number of para-hydroxylation sites is 1. The largest absolute Gasteiger partial charge is 0.319 e. The van der Waals surface area contributed by atoms with Crippen LogP contribution in [-0.2, 0) is 6.54 Å². The third-order valence-electron chi connectivity index (χ3n) is 2.90. The molecule has 0 atom stereocenters. The zero-order chi connectivity index (χ0) is 13.7. The van der Waals surface area contributed by atoms with Gasteiger partial charge in [0.15, 0.2) is 0 Å². The number of nitrogens with two attached hydrogens (primary N) is 2. The Balaban J connectivity index is 2.02. The van der Waals surface area contributed by atoms with E-state index in [1.165, 1.54) is 5.56 Å². The third-order valence-corrected chi connectivity index (χ3v) is 4.79. The molecule has 19 heavy (non-hydrogen) atoms. The van der Waals surface area contributed by atoms with E-state index in [1.807, 2.05) is 60.2 Å². The maximum atomic E-state index is 6.24. The number of benzene rings is 2. The van der Waals surface area contributed by atoms with Gasteiger partial charge in [0.1, 0.15) is 0 Å². The van der Waals surface area contributed by atoms with Crippen molar-refractivity contribution in [2.24, 2.45) is 11.0 Å². The lowest BCUT2D eigenvalue weighted by molar-refractivity contribution is 0.533. The molecule has 0 saturated carbocycles. The molecule has 2 aromatic carbocycles. The maximum absolute atomic E-state index is 6.24. The summed E-state index contributed by atoms with van der Waals surface area (Å²) in [7, 11) is -0.396. The van der Waals surface area contributed by atoms with Crippen LogP contribution in [0.2, 0.25) is 0 Å². The van der Waals surface area contributed by atoms with Crippen LogP contribution in [0.4, 0.5) is 5.69 Å². The van der Waals surface area contributed by atoms with Crippen LogP contribution in [0.25, 0.3) is 0 Å². The highest BCUT2D eigenvalue weighted by molar-refractivity contribution is 7.70. The second-order valence-corrected chi connectivity index (χ2v) is 6.90. The Morgan fingerprint density at radius 3 is 2.05 bits per heavy atom. The van der Waals surface area contributed by atoms with Gasteiger partial charge in [0.25, 0.3) is 0 Å². The summed E-state index contributed by atoms with van der Waals surface area (Å²) in [6, 6.07) is 20.0. The van der Waals surface area contributed by atoms with Crippen molar-refractivity contribution < 1.29 is 0 Å². The summed E-state index contributed by atoms with van der Waals surface area (Å²) < 4.78 is 1.98. The van der Waals surface area contributed by atoms with Gasteiger partial charge < -0.3 is 0 Å². The van der Waals surface area contributed by atoms with Crippen LogP contribution in [0.1, 0.15) is 5.56 Å². The van der Waals surface area contributed by atoms with Gasteiger partial charge in [-0.05, 0) is 17.7 Å². The van der Waals surface area contributed by atoms with E-state index in [9.17, 15) is 0 Å². The average Bonchev–Trinajstić information content (AvgIpc) is 2.40. The van der Waals surface area contributed by atoms with Gasteiger partial charge in [-0.15, -0.1) is 4.67 Å². The molecule has 2 rings (SSSR count). The molecular formula is C14H20N4P+. The molecule has 5 N–H and O–H groups in total. The highest BCUT2D eigenvalue weighted by Crippen LogP contribution is 2.45. The molecule has 0 unspecified atom stereocenters. The molecular weight excluding hydrogens is 255 g/mol. The minimum atomic E-state index is -2.34. The van der Waals surface area contributed by atoms with E-state index in [0.29, 0.717) is 0 Å². The zero-order valence-corrected chi connectivity index (χ0v) is 11.9. The Morgan fingerprint density at radius 1 is 0.947 bits per heavy atom. The summed E-state index contributed by atoms with van der Waals surface area (Å²) >= 11 is 0. The molecule has 5 heteroatoms. The Bertz CT molecular complexity index is 501. The fraction of sp³-hybridized carbons (Fsp3) is 0.143. The predicted octanol–water partition coefficient (Wildman–Crippen LogP) is 2.83. The summed E-state index contributed by atoms with van der Waals surface area (Å²) in [6.07, 6.45) is 0. The van der Waals surface area contributed by atoms with Crippen molar-refractivity contribution in [3.8, 4) is 0 Å². The molecule has 0 radical (unpaired) electrons. The van der Waals surface area contributed by atoms with Crippen molar-refractivity contribution in [2.45, 2.75) is 6.54 Å². The minimum Gasteiger partial charge on any atom is -0.215 e. The van der Waals surface area contributed by atoms with Crippen LogP contribution in [0.15, 0.2) is 60.7 Å². The number of rotatable bonds is 5. The topological polar surface area (TPSA) is 67.3 Å². The highest BCUT2D eigenvalue weighted by atomic mass is 31.2. The fourth-order valence-corrected chi connectivity index (χ4v) is 2.90. The summed E-state index contributed by atoms with van der Waals surface area (Å²) in [4.78, 5) is 0. The van der Waals surface area contributed by atoms with E-state index >= 15 is 0 Å². The van der Waals surface area contributed by atoms with Gasteiger partial charge in [-0.2, -0.15) is 11.0 Å². The molecule has 0 heterocycles. The second kappa shape index (κ2) is 6.13. The Kier molecular flexibility index (Phi) is 4.51. The maximum Gasteiger partial charge on any atom is 0.319 e.